The smallest absolute Gasteiger partial charge is 0.0715 e. The molecule has 0 unspecified atom stereocenters. The van der Waals surface area contributed by atoms with E-state index in [0.29, 0.717) is 0 Å². The molecule has 2 aromatic heterocycles. The monoisotopic (exact) mass is 591 g/mol. The van der Waals surface area contributed by atoms with Gasteiger partial charge in [-0.1, -0.05) is 127 Å². The zero-order valence-electron chi connectivity index (χ0n) is 24.7. The Kier molecular flexibility index (Phi) is 6.21. The third-order valence-corrected chi connectivity index (χ3v) is 10.4. The van der Waals surface area contributed by atoms with E-state index in [0.717, 1.165) is 29.8 Å². The molecule has 1 aliphatic rings. The van der Waals surface area contributed by atoms with Crippen LogP contribution in [0.4, 0.5) is 0 Å². The summed E-state index contributed by atoms with van der Waals surface area (Å²) >= 11 is 1.90. The molecule has 6 aromatic carbocycles. The fraction of sp³-hybridized carbons (Fsp3) is 0.0465. The maximum atomic E-state index is 5.18. The Labute approximate surface area is 267 Å². The van der Waals surface area contributed by atoms with Gasteiger partial charge in [0.1, 0.15) is 0 Å². The van der Waals surface area contributed by atoms with Gasteiger partial charge in [-0.3, -0.25) is 0 Å². The van der Waals surface area contributed by atoms with Gasteiger partial charge in [-0.15, -0.1) is 11.3 Å². The number of aromatic nitrogens is 1. The van der Waals surface area contributed by atoms with Crippen LogP contribution in [0.2, 0.25) is 0 Å². The van der Waals surface area contributed by atoms with Gasteiger partial charge < -0.3 is 0 Å². The Balaban J connectivity index is 1.11. The summed E-state index contributed by atoms with van der Waals surface area (Å²) in [6, 6.07) is 55.1. The first-order chi connectivity index (χ1) is 22.3. The molecule has 0 amide bonds. The third-order valence-electron chi connectivity index (χ3n) is 9.18. The number of hydrogen-bond acceptors (Lipinski definition) is 2. The SMILES string of the molecule is c1ccc(-c2cc(-c3ccccc3)nc(-c3ccc4c(c3)CCc3cc(-c5cccc6c5sc5ccccc56)ccc3-4)c2)cc1. The third kappa shape index (κ3) is 4.58. The molecule has 1 nitrogen and oxygen atoms in total. The molecule has 45 heavy (non-hydrogen) atoms. The molecule has 0 atom stereocenters. The average molecular weight is 592 g/mol. The van der Waals surface area contributed by atoms with E-state index in [9.17, 15) is 0 Å². The van der Waals surface area contributed by atoms with Crippen molar-refractivity contribution in [2.75, 3.05) is 0 Å². The van der Waals surface area contributed by atoms with Crippen molar-refractivity contribution in [3.8, 4) is 55.9 Å². The van der Waals surface area contributed by atoms with Crippen LogP contribution in [0.15, 0.2) is 152 Å². The van der Waals surface area contributed by atoms with Crippen LogP contribution >= 0.6 is 11.3 Å². The number of thiophene rings is 1. The van der Waals surface area contributed by atoms with Crippen molar-refractivity contribution in [2.24, 2.45) is 0 Å². The summed E-state index contributed by atoms with van der Waals surface area (Å²) in [5.74, 6) is 0. The molecule has 212 valence electrons. The van der Waals surface area contributed by atoms with Crippen molar-refractivity contribution < 1.29 is 0 Å². The molecule has 0 N–H and O–H groups in total. The van der Waals surface area contributed by atoms with Crippen LogP contribution in [0.1, 0.15) is 11.1 Å². The van der Waals surface area contributed by atoms with E-state index in [1.807, 2.05) is 11.3 Å². The second kappa shape index (κ2) is 10.7. The summed E-state index contributed by atoms with van der Waals surface area (Å²) in [4.78, 5) is 5.18. The van der Waals surface area contributed by atoms with Gasteiger partial charge >= 0.3 is 0 Å². The van der Waals surface area contributed by atoms with E-state index >= 15 is 0 Å². The van der Waals surface area contributed by atoms with Crippen LogP contribution in [0.3, 0.4) is 0 Å². The molecule has 1 aliphatic carbocycles. The summed E-state index contributed by atoms with van der Waals surface area (Å²) in [6.07, 6.45) is 2.06. The van der Waals surface area contributed by atoms with Crippen LogP contribution in [-0.4, -0.2) is 4.98 Å². The van der Waals surface area contributed by atoms with E-state index < -0.39 is 0 Å². The second-order valence-electron chi connectivity index (χ2n) is 11.9. The lowest BCUT2D eigenvalue weighted by molar-refractivity contribution is 0.942. The Morgan fingerprint density at radius 3 is 1.76 bits per heavy atom. The first-order valence-electron chi connectivity index (χ1n) is 15.6. The molecule has 0 aliphatic heterocycles. The molecule has 0 radical (unpaired) electrons. The fourth-order valence-corrected chi connectivity index (χ4v) is 8.17. The summed E-state index contributed by atoms with van der Waals surface area (Å²) in [7, 11) is 0. The molecule has 0 fully saturated rings. The molecule has 0 bridgehead atoms. The van der Waals surface area contributed by atoms with Gasteiger partial charge in [0.2, 0.25) is 0 Å². The van der Waals surface area contributed by atoms with Gasteiger partial charge in [-0.05, 0) is 81.6 Å². The van der Waals surface area contributed by atoms with Crippen LogP contribution < -0.4 is 0 Å². The topological polar surface area (TPSA) is 12.9 Å². The molecular formula is C43H29NS. The Bertz CT molecular complexity index is 2310. The Morgan fingerprint density at radius 2 is 1.00 bits per heavy atom. The highest BCUT2D eigenvalue weighted by atomic mass is 32.1. The van der Waals surface area contributed by atoms with Gasteiger partial charge in [-0.2, -0.15) is 0 Å². The largest absolute Gasteiger partial charge is 0.248 e. The highest BCUT2D eigenvalue weighted by Crippen LogP contribution is 2.43. The Morgan fingerprint density at radius 1 is 0.400 bits per heavy atom. The first-order valence-corrected chi connectivity index (χ1v) is 16.4. The highest BCUT2D eigenvalue weighted by molar-refractivity contribution is 7.26. The molecule has 0 saturated heterocycles. The highest BCUT2D eigenvalue weighted by Gasteiger charge is 2.19. The van der Waals surface area contributed by atoms with Crippen LogP contribution in [0.25, 0.3) is 76.1 Å². The number of rotatable bonds is 4. The molecule has 8 aromatic rings. The molecule has 0 spiro atoms. The lowest BCUT2D eigenvalue weighted by Crippen LogP contribution is -2.04. The van der Waals surface area contributed by atoms with Crippen molar-refractivity contribution in [1.29, 1.82) is 0 Å². The molecule has 2 heteroatoms. The molecule has 0 saturated carbocycles. The zero-order valence-corrected chi connectivity index (χ0v) is 25.5. The number of nitrogens with zero attached hydrogens (tertiary/aromatic N) is 1. The molecular weight excluding hydrogens is 563 g/mol. The number of aryl methyl sites for hydroxylation is 2. The summed E-state index contributed by atoms with van der Waals surface area (Å²) < 4.78 is 2.72. The van der Waals surface area contributed by atoms with E-state index in [4.69, 9.17) is 4.98 Å². The van der Waals surface area contributed by atoms with Gasteiger partial charge in [0.25, 0.3) is 0 Å². The predicted octanol–water partition coefficient (Wildman–Crippen LogP) is 11.9. The van der Waals surface area contributed by atoms with Gasteiger partial charge in [0, 0.05) is 31.3 Å². The Hall–Kier alpha value is -5.31. The number of fused-ring (bicyclic) bond motifs is 6. The van der Waals surface area contributed by atoms with Crippen molar-refractivity contribution in [3.05, 3.63) is 163 Å². The number of pyridine rings is 1. The number of benzene rings is 6. The van der Waals surface area contributed by atoms with Crippen LogP contribution in [0.5, 0.6) is 0 Å². The predicted molar refractivity (Wildman–Crippen MR) is 192 cm³/mol. The molecule has 9 rings (SSSR count). The van der Waals surface area contributed by atoms with Crippen molar-refractivity contribution in [1.82, 2.24) is 4.98 Å². The van der Waals surface area contributed by atoms with E-state index in [-0.39, 0.29) is 0 Å². The first kappa shape index (κ1) is 26.1. The fourth-order valence-electron chi connectivity index (χ4n) is 6.93. The average Bonchev–Trinajstić information content (AvgIpc) is 3.51. The maximum absolute atomic E-state index is 5.18. The minimum absolute atomic E-state index is 0.996. The normalized spacial score (nSPS) is 12.3. The summed E-state index contributed by atoms with van der Waals surface area (Å²) in [5, 5.41) is 2.70. The van der Waals surface area contributed by atoms with Crippen molar-refractivity contribution in [2.45, 2.75) is 12.8 Å². The van der Waals surface area contributed by atoms with Gasteiger partial charge in [0.05, 0.1) is 11.4 Å². The lowest BCUT2D eigenvalue weighted by atomic mass is 9.83. The van der Waals surface area contributed by atoms with Crippen molar-refractivity contribution in [3.63, 3.8) is 0 Å². The summed E-state index contributed by atoms with van der Waals surface area (Å²) in [5.41, 5.74) is 14.8. The van der Waals surface area contributed by atoms with Crippen LogP contribution in [0, 0.1) is 0 Å². The van der Waals surface area contributed by atoms with Crippen LogP contribution in [-0.2, 0) is 12.8 Å². The maximum Gasteiger partial charge on any atom is 0.0715 e. The standard InChI is InChI=1S/C43H29NS/c1-3-10-28(11-4-1)34-26-40(29-12-5-2-6-13-29)44-41(27-34)33-21-23-36-31(25-33)19-18-30-24-32(20-22-35(30)36)37-15-9-16-39-38-14-7-8-17-42(38)45-43(37)39/h1-17,20-27H,18-19H2. The zero-order chi connectivity index (χ0) is 29.7. The van der Waals surface area contributed by atoms with E-state index in [1.54, 1.807) is 0 Å². The summed E-state index contributed by atoms with van der Waals surface area (Å²) in [6.45, 7) is 0. The van der Waals surface area contributed by atoms with Crippen molar-refractivity contribution >= 4 is 31.5 Å². The quantitative estimate of drug-likeness (QED) is 0.198. The molecule has 2 heterocycles. The minimum Gasteiger partial charge on any atom is -0.248 e. The van der Waals surface area contributed by atoms with Gasteiger partial charge in [0.15, 0.2) is 0 Å². The number of hydrogen-bond donors (Lipinski definition) is 0. The second-order valence-corrected chi connectivity index (χ2v) is 12.9. The lowest BCUT2D eigenvalue weighted by Gasteiger charge is -2.22. The van der Waals surface area contributed by atoms with Gasteiger partial charge in [-0.25, -0.2) is 4.98 Å². The van der Waals surface area contributed by atoms with E-state index in [2.05, 4.69) is 152 Å². The minimum atomic E-state index is 0.996. The van der Waals surface area contributed by atoms with E-state index in [1.165, 1.54) is 70.2 Å².